The molecule has 9 aromatic carbocycles. The average molecular weight is 823 g/mol. The van der Waals surface area contributed by atoms with Gasteiger partial charge in [0.15, 0.2) is 0 Å². The van der Waals surface area contributed by atoms with E-state index in [9.17, 15) is 10.2 Å². The van der Waals surface area contributed by atoms with E-state index < -0.39 is 0 Å². The molecule has 63 heavy (non-hydrogen) atoms. The molecular formula is C60H54O3. The fourth-order valence-corrected chi connectivity index (χ4v) is 7.70. The minimum atomic E-state index is 0.320. The Kier molecular flexibility index (Phi) is 14.3. The third-order valence-electron chi connectivity index (χ3n) is 10.9. The van der Waals surface area contributed by atoms with Gasteiger partial charge in [0.05, 0.1) is 0 Å². The second-order valence-electron chi connectivity index (χ2n) is 15.3. The van der Waals surface area contributed by atoms with E-state index >= 15 is 0 Å². The van der Waals surface area contributed by atoms with Gasteiger partial charge in [0.1, 0.15) is 22.7 Å². The van der Waals surface area contributed by atoms with Gasteiger partial charge in [0.25, 0.3) is 0 Å². The molecule has 0 fully saturated rings. The normalized spacial score (nSPS) is 10.5. The van der Waals surface area contributed by atoms with Crippen LogP contribution in [0.1, 0.15) is 37.5 Å². The average Bonchev–Trinajstić information content (AvgIpc) is 3.73. The lowest BCUT2D eigenvalue weighted by Crippen LogP contribution is -1.85. The standard InChI is InChI=1S/C20H18O.C19H14O.C19H16O.C2H6/c1-2-15-7-6-10-18(13-15)19-14-17(11-12-20(19)21)16-8-4-3-5-9-16;1-13-6-4-7-14(12-13)15-9-5-10-17-16-8-2-3-11-18(16)20-19(15)17;1-14-10-11-19(20)18(12-14)17-9-5-8-16(13-17)15-6-3-2-4-7-15;1-2/h3-14,21H,2H2,1H3;2-12H,1H3;2-13,20H,1H3;1-2H3. The summed E-state index contributed by atoms with van der Waals surface area (Å²) in [6.45, 7) is 10.3. The van der Waals surface area contributed by atoms with Gasteiger partial charge in [0, 0.05) is 27.5 Å². The molecule has 0 aliphatic heterocycles. The van der Waals surface area contributed by atoms with Gasteiger partial charge < -0.3 is 14.6 Å². The number of hydrogen-bond donors (Lipinski definition) is 2. The predicted molar refractivity (Wildman–Crippen MR) is 267 cm³/mol. The Morgan fingerprint density at radius 3 is 1.54 bits per heavy atom. The van der Waals surface area contributed by atoms with Crippen LogP contribution in [0.25, 0.3) is 77.6 Å². The first-order chi connectivity index (χ1) is 30.8. The van der Waals surface area contributed by atoms with Crippen LogP contribution >= 0.6 is 0 Å². The number of hydrogen-bond acceptors (Lipinski definition) is 3. The molecule has 0 spiro atoms. The second-order valence-corrected chi connectivity index (χ2v) is 15.3. The minimum Gasteiger partial charge on any atom is -0.507 e. The maximum atomic E-state index is 10.2. The van der Waals surface area contributed by atoms with Crippen molar-refractivity contribution in [2.45, 2.75) is 41.0 Å². The molecule has 10 rings (SSSR count). The highest BCUT2D eigenvalue weighted by molar-refractivity contribution is 6.09. The fraction of sp³-hybridized carbons (Fsp3) is 0.100. The van der Waals surface area contributed by atoms with Gasteiger partial charge in [0.2, 0.25) is 0 Å². The van der Waals surface area contributed by atoms with Crippen LogP contribution in [0.5, 0.6) is 11.5 Å². The zero-order valence-corrected chi connectivity index (χ0v) is 36.7. The van der Waals surface area contributed by atoms with Gasteiger partial charge in [-0.1, -0.05) is 208 Å². The van der Waals surface area contributed by atoms with E-state index in [0.717, 1.165) is 67.7 Å². The first-order valence-corrected chi connectivity index (χ1v) is 21.7. The Labute approximate surface area is 372 Å². The summed E-state index contributed by atoms with van der Waals surface area (Å²) >= 11 is 0. The van der Waals surface area contributed by atoms with Crippen molar-refractivity contribution >= 4 is 21.9 Å². The van der Waals surface area contributed by atoms with Crippen LogP contribution in [0.4, 0.5) is 0 Å². The molecule has 0 radical (unpaired) electrons. The summed E-state index contributed by atoms with van der Waals surface area (Å²) in [6.07, 6.45) is 0.993. The zero-order valence-electron chi connectivity index (χ0n) is 36.7. The Bertz CT molecular complexity index is 3050. The van der Waals surface area contributed by atoms with E-state index in [1.807, 2.05) is 112 Å². The highest BCUT2D eigenvalue weighted by Gasteiger charge is 2.12. The van der Waals surface area contributed by atoms with E-state index in [4.69, 9.17) is 4.42 Å². The lowest BCUT2D eigenvalue weighted by atomic mass is 9.97. The fourth-order valence-electron chi connectivity index (χ4n) is 7.70. The predicted octanol–water partition coefficient (Wildman–Crippen LogP) is 16.9. The molecule has 2 N–H and O–H groups in total. The first-order valence-electron chi connectivity index (χ1n) is 21.7. The molecule has 0 aliphatic carbocycles. The second kappa shape index (κ2) is 20.8. The number of phenols is 2. The Balaban J connectivity index is 0.000000139. The van der Waals surface area contributed by atoms with Crippen LogP contribution in [0.3, 0.4) is 0 Å². The largest absolute Gasteiger partial charge is 0.507 e. The van der Waals surface area contributed by atoms with Crippen molar-refractivity contribution in [3.05, 3.63) is 229 Å². The number of rotatable bonds is 6. The van der Waals surface area contributed by atoms with E-state index in [1.54, 1.807) is 12.1 Å². The third-order valence-corrected chi connectivity index (χ3v) is 10.9. The molecule has 10 aromatic rings. The summed E-state index contributed by atoms with van der Waals surface area (Å²) < 4.78 is 6.08. The van der Waals surface area contributed by atoms with Crippen LogP contribution in [0.2, 0.25) is 0 Å². The van der Waals surface area contributed by atoms with Crippen LogP contribution in [0.15, 0.2) is 217 Å². The van der Waals surface area contributed by atoms with E-state index in [-0.39, 0.29) is 0 Å². The molecule has 0 unspecified atom stereocenters. The summed E-state index contributed by atoms with van der Waals surface area (Å²) in [5.74, 6) is 0.642. The van der Waals surface area contributed by atoms with E-state index in [0.29, 0.717) is 11.5 Å². The van der Waals surface area contributed by atoms with Crippen molar-refractivity contribution in [1.82, 2.24) is 0 Å². The molecule has 0 amide bonds. The molecule has 1 heterocycles. The number of aryl methyl sites for hydroxylation is 3. The van der Waals surface area contributed by atoms with Crippen molar-refractivity contribution in [3.63, 3.8) is 0 Å². The topological polar surface area (TPSA) is 53.6 Å². The first kappa shape index (κ1) is 43.5. The molecule has 0 saturated heterocycles. The van der Waals surface area contributed by atoms with Crippen molar-refractivity contribution in [2.24, 2.45) is 0 Å². The smallest absolute Gasteiger partial charge is 0.143 e. The monoisotopic (exact) mass is 822 g/mol. The van der Waals surface area contributed by atoms with Crippen LogP contribution in [-0.2, 0) is 6.42 Å². The maximum absolute atomic E-state index is 10.2. The summed E-state index contributed by atoms with van der Waals surface area (Å²) in [6, 6.07) is 71.6. The lowest BCUT2D eigenvalue weighted by Gasteiger charge is -2.09. The molecule has 1 aromatic heterocycles. The maximum Gasteiger partial charge on any atom is 0.143 e. The van der Waals surface area contributed by atoms with Gasteiger partial charge >= 0.3 is 0 Å². The van der Waals surface area contributed by atoms with Gasteiger partial charge in [-0.15, -0.1) is 0 Å². The number of benzene rings is 9. The number of fused-ring (bicyclic) bond motifs is 3. The zero-order chi connectivity index (χ0) is 44.1. The quantitative estimate of drug-likeness (QED) is 0.176. The molecule has 3 nitrogen and oxygen atoms in total. The summed E-state index contributed by atoms with van der Waals surface area (Å²) in [7, 11) is 0. The third kappa shape index (κ3) is 10.5. The summed E-state index contributed by atoms with van der Waals surface area (Å²) in [5.41, 5.74) is 16.4. The highest BCUT2D eigenvalue weighted by Crippen LogP contribution is 2.37. The van der Waals surface area contributed by atoms with Gasteiger partial charge in [-0.3, -0.25) is 0 Å². The van der Waals surface area contributed by atoms with Crippen LogP contribution < -0.4 is 0 Å². The number of furan rings is 1. The number of aromatic hydroxyl groups is 2. The molecule has 312 valence electrons. The van der Waals surface area contributed by atoms with Gasteiger partial charge in [-0.25, -0.2) is 0 Å². The Morgan fingerprint density at radius 2 is 0.857 bits per heavy atom. The summed E-state index contributed by atoms with van der Waals surface area (Å²) in [5, 5.41) is 22.6. The van der Waals surface area contributed by atoms with Crippen molar-refractivity contribution in [2.75, 3.05) is 0 Å². The lowest BCUT2D eigenvalue weighted by molar-refractivity contribution is 0.477. The van der Waals surface area contributed by atoms with Crippen molar-refractivity contribution in [1.29, 1.82) is 0 Å². The minimum absolute atomic E-state index is 0.320. The number of phenolic OH excluding ortho intramolecular Hbond substituents is 2. The molecule has 0 bridgehead atoms. The van der Waals surface area contributed by atoms with Crippen LogP contribution in [0, 0.1) is 13.8 Å². The van der Waals surface area contributed by atoms with Crippen LogP contribution in [-0.4, -0.2) is 10.2 Å². The molecule has 0 aliphatic rings. The molecule has 3 heteroatoms. The van der Waals surface area contributed by atoms with Crippen molar-refractivity contribution in [3.8, 4) is 67.1 Å². The van der Waals surface area contributed by atoms with Gasteiger partial charge in [-0.2, -0.15) is 0 Å². The van der Waals surface area contributed by atoms with Crippen molar-refractivity contribution < 1.29 is 14.6 Å². The molecule has 0 saturated carbocycles. The van der Waals surface area contributed by atoms with E-state index in [1.165, 1.54) is 33.0 Å². The highest BCUT2D eigenvalue weighted by atomic mass is 16.3. The SMILES string of the molecule is CC.CCc1cccc(-c2cc(-c3ccccc3)ccc2O)c1.Cc1ccc(O)c(-c2cccc(-c3ccccc3)c2)c1.Cc1cccc(-c2cccc3c2oc2ccccc23)c1. The van der Waals surface area contributed by atoms with E-state index in [2.05, 4.69) is 123 Å². The Morgan fingerprint density at radius 1 is 0.365 bits per heavy atom. The number of para-hydroxylation sites is 2. The summed E-state index contributed by atoms with van der Waals surface area (Å²) in [4.78, 5) is 0. The molecule has 0 atom stereocenters. The Hall–Kier alpha value is -7.62. The van der Waals surface area contributed by atoms with Gasteiger partial charge in [-0.05, 0) is 101 Å². The molecular weight excluding hydrogens is 769 g/mol.